The van der Waals surface area contributed by atoms with E-state index in [-0.39, 0.29) is 11.9 Å². The molecular weight excluding hydrogens is 535 g/mol. The summed E-state index contributed by atoms with van der Waals surface area (Å²) in [7, 11) is 0. The highest BCUT2D eigenvalue weighted by Crippen LogP contribution is 2.39. The number of nitriles is 1. The molecule has 0 spiro atoms. The molecule has 2 fully saturated rings. The third-order valence-electron chi connectivity index (χ3n) is 6.98. The summed E-state index contributed by atoms with van der Waals surface area (Å²) in [4.78, 5) is 19.3. The quantitative estimate of drug-likeness (QED) is 0.250. The van der Waals surface area contributed by atoms with Crippen molar-refractivity contribution in [3.05, 3.63) is 57.8 Å². The fraction of sp³-hybridized carbons (Fsp3) is 0.500. The molecule has 9 nitrogen and oxygen atoms in total. The number of nitro benzene ring substituents is 1. The number of halogens is 3. The number of nitrogens with zero attached hydrogens (tertiary/aromatic N) is 5. The zero-order valence-corrected chi connectivity index (χ0v) is 21.9. The highest BCUT2D eigenvalue weighted by molar-refractivity contribution is 7.80. The summed E-state index contributed by atoms with van der Waals surface area (Å²) in [5, 5.41) is 19.9. The van der Waals surface area contributed by atoms with Gasteiger partial charge in [-0.3, -0.25) is 10.1 Å². The van der Waals surface area contributed by atoms with Crippen molar-refractivity contribution in [1.82, 2.24) is 9.88 Å². The van der Waals surface area contributed by atoms with Gasteiger partial charge in [0.1, 0.15) is 28.2 Å². The van der Waals surface area contributed by atoms with Crippen molar-refractivity contribution in [1.29, 1.82) is 5.26 Å². The number of alkyl halides is 3. The molecule has 4 rings (SSSR count). The standard InChI is InChI=1S/C26H28F3N5O4S/c27-26(28,29)22-13-21(6-7-23(22)34(35)36)38-20-4-1-18(2-5-20)16-37-17-25(39)33-11-9-32(10-12-33)24-8-3-19(14-30)15-31-24/h3,6-8,13,15,18,20H,1-2,4-5,9-12,16-17H2. The van der Waals surface area contributed by atoms with Crippen LogP contribution in [0, 0.1) is 27.4 Å². The van der Waals surface area contributed by atoms with Crippen LogP contribution in [0.15, 0.2) is 36.5 Å². The van der Waals surface area contributed by atoms with E-state index >= 15 is 0 Å². The van der Waals surface area contributed by atoms with Gasteiger partial charge in [-0.1, -0.05) is 12.2 Å². The number of hydrogen-bond acceptors (Lipinski definition) is 8. The molecule has 1 aromatic carbocycles. The molecule has 1 aliphatic heterocycles. The number of piperazine rings is 1. The second-order valence-corrected chi connectivity index (χ2v) is 10.1. The van der Waals surface area contributed by atoms with Crippen LogP contribution in [0.2, 0.25) is 0 Å². The molecule has 1 saturated carbocycles. The van der Waals surface area contributed by atoms with Crippen molar-refractivity contribution in [3.63, 3.8) is 0 Å². The average molecular weight is 564 g/mol. The Balaban J connectivity index is 1.16. The van der Waals surface area contributed by atoms with Crippen LogP contribution in [-0.4, -0.2) is 65.3 Å². The summed E-state index contributed by atoms with van der Waals surface area (Å²) in [6.07, 6.45) is -0.623. The van der Waals surface area contributed by atoms with E-state index in [1.165, 1.54) is 6.07 Å². The summed E-state index contributed by atoms with van der Waals surface area (Å²) in [5.41, 5.74) is -1.77. The minimum atomic E-state index is -4.84. The number of ether oxygens (including phenoxy) is 2. The lowest BCUT2D eigenvalue weighted by molar-refractivity contribution is -0.388. The van der Waals surface area contributed by atoms with Gasteiger partial charge >= 0.3 is 6.18 Å². The molecule has 0 amide bonds. The number of anilines is 1. The van der Waals surface area contributed by atoms with E-state index in [0.717, 1.165) is 55.9 Å². The van der Waals surface area contributed by atoms with Crippen molar-refractivity contribution < 1.29 is 27.6 Å². The van der Waals surface area contributed by atoms with Gasteiger partial charge in [-0.05, 0) is 55.9 Å². The third-order valence-corrected chi connectivity index (χ3v) is 7.36. The van der Waals surface area contributed by atoms with E-state index in [9.17, 15) is 23.3 Å². The minimum Gasteiger partial charge on any atom is -0.490 e. The van der Waals surface area contributed by atoms with Gasteiger partial charge in [0.2, 0.25) is 0 Å². The van der Waals surface area contributed by atoms with Crippen LogP contribution in [0.5, 0.6) is 5.75 Å². The fourth-order valence-electron chi connectivity index (χ4n) is 4.81. The molecule has 0 bridgehead atoms. The number of thiocarbonyl (C=S) groups is 1. The second-order valence-electron chi connectivity index (χ2n) is 9.59. The van der Waals surface area contributed by atoms with E-state index in [0.29, 0.717) is 43.6 Å². The summed E-state index contributed by atoms with van der Waals surface area (Å²) in [5.74, 6) is 1.12. The predicted molar refractivity (Wildman–Crippen MR) is 141 cm³/mol. The summed E-state index contributed by atoms with van der Waals surface area (Å²) >= 11 is 5.57. The highest BCUT2D eigenvalue weighted by Gasteiger charge is 2.39. The van der Waals surface area contributed by atoms with Gasteiger partial charge in [0.15, 0.2) is 0 Å². The van der Waals surface area contributed by atoms with E-state index in [1.807, 2.05) is 6.07 Å². The van der Waals surface area contributed by atoms with Gasteiger partial charge < -0.3 is 19.3 Å². The molecule has 2 aliphatic rings. The lowest BCUT2D eigenvalue weighted by Gasteiger charge is -2.37. The zero-order chi connectivity index (χ0) is 28.0. The van der Waals surface area contributed by atoms with Gasteiger partial charge in [0.25, 0.3) is 5.69 Å². The maximum Gasteiger partial charge on any atom is 0.423 e. The molecule has 1 aliphatic carbocycles. The Morgan fingerprint density at radius 2 is 1.87 bits per heavy atom. The Hall–Kier alpha value is -3.50. The molecule has 39 heavy (non-hydrogen) atoms. The topological polar surface area (TPSA) is 105 Å². The first kappa shape index (κ1) is 28.5. The number of nitro groups is 1. The average Bonchev–Trinajstić information content (AvgIpc) is 2.93. The summed E-state index contributed by atoms with van der Waals surface area (Å²) in [6.45, 7) is 3.93. The highest BCUT2D eigenvalue weighted by atomic mass is 32.1. The Morgan fingerprint density at radius 3 is 2.46 bits per heavy atom. The van der Waals surface area contributed by atoms with E-state index in [4.69, 9.17) is 27.0 Å². The third kappa shape index (κ3) is 7.54. The fourth-order valence-corrected chi connectivity index (χ4v) is 5.08. The summed E-state index contributed by atoms with van der Waals surface area (Å²) in [6, 6.07) is 8.42. The van der Waals surface area contributed by atoms with Crippen molar-refractivity contribution in [2.75, 3.05) is 44.3 Å². The smallest absolute Gasteiger partial charge is 0.423 e. The van der Waals surface area contributed by atoms with Crippen LogP contribution in [0.25, 0.3) is 0 Å². The van der Waals surface area contributed by atoms with Gasteiger partial charge in [0.05, 0.1) is 23.2 Å². The zero-order valence-electron chi connectivity index (χ0n) is 21.1. The van der Waals surface area contributed by atoms with Crippen LogP contribution >= 0.6 is 12.2 Å². The second kappa shape index (κ2) is 12.6. The van der Waals surface area contributed by atoms with E-state index < -0.39 is 22.4 Å². The van der Waals surface area contributed by atoms with Crippen LogP contribution in [0.4, 0.5) is 24.7 Å². The molecule has 1 aromatic heterocycles. The molecular formula is C26H28F3N5O4S. The summed E-state index contributed by atoms with van der Waals surface area (Å²) < 4.78 is 51.3. The van der Waals surface area contributed by atoms with Crippen LogP contribution in [0.1, 0.15) is 36.8 Å². The van der Waals surface area contributed by atoms with Crippen molar-refractivity contribution >= 4 is 28.7 Å². The molecule has 0 atom stereocenters. The van der Waals surface area contributed by atoms with Gasteiger partial charge in [-0.2, -0.15) is 18.4 Å². The van der Waals surface area contributed by atoms with Gasteiger partial charge in [-0.15, -0.1) is 0 Å². The van der Waals surface area contributed by atoms with E-state index in [1.54, 1.807) is 12.3 Å². The number of benzene rings is 1. The van der Waals surface area contributed by atoms with Crippen LogP contribution in [0.3, 0.4) is 0 Å². The first-order valence-corrected chi connectivity index (χ1v) is 13.0. The molecule has 0 unspecified atom stereocenters. The molecule has 2 aromatic rings. The van der Waals surface area contributed by atoms with E-state index in [2.05, 4.69) is 20.9 Å². The van der Waals surface area contributed by atoms with Crippen LogP contribution in [-0.2, 0) is 10.9 Å². The first-order valence-electron chi connectivity index (χ1n) is 12.6. The maximum atomic E-state index is 13.2. The lowest BCUT2D eigenvalue weighted by Crippen LogP contribution is -2.49. The molecule has 2 heterocycles. The molecule has 208 valence electrons. The Labute approximate surface area is 229 Å². The number of rotatable bonds is 8. The first-order chi connectivity index (χ1) is 18.6. The number of aromatic nitrogens is 1. The van der Waals surface area contributed by atoms with Crippen molar-refractivity contribution in [2.45, 2.75) is 38.0 Å². The Bertz CT molecular complexity index is 1210. The number of pyridine rings is 1. The SMILES string of the molecule is N#Cc1ccc(N2CCN(C(=S)COCC3CCC(Oc4ccc([N+](=O)[O-])c(C(F)(F)F)c4)CC3)CC2)nc1. The van der Waals surface area contributed by atoms with Crippen molar-refractivity contribution in [3.8, 4) is 11.8 Å². The van der Waals surface area contributed by atoms with Crippen molar-refractivity contribution in [2.24, 2.45) is 5.92 Å². The Kier molecular flexibility index (Phi) is 9.19. The molecule has 0 N–H and O–H groups in total. The molecule has 13 heteroatoms. The van der Waals surface area contributed by atoms with Gasteiger partial charge in [-0.25, -0.2) is 4.98 Å². The molecule has 0 radical (unpaired) electrons. The normalized spacial score (nSPS) is 19.8. The number of hydrogen-bond donors (Lipinski definition) is 0. The van der Waals surface area contributed by atoms with Crippen LogP contribution < -0.4 is 9.64 Å². The molecule has 1 saturated heterocycles. The largest absolute Gasteiger partial charge is 0.490 e. The monoisotopic (exact) mass is 563 g/mol. The Morgan fingerprint density at radius 1 is 1.15 bits per heavy atom. The van der Waals surface area contributed by atoms with Gasteiger partial charge in [0, 0.05) is 45.0 Å². The predicted octanol–water partition coefficient (Wildman–Crippen LogP) is 4.98. The lowest BCUT2D eigenvalue weighted by atomic mass is 9.88. The maximum absolute atomic E-state index is 13.2. The minimum absolute atomic E-state index is 0.0203.